The monoisotopic (exact) mass is 223 g/mol. The van der Waals surface area contributed by atoms with Gasteiger partial charge in [0.25, 0.3) is 0 Å². The van der Waals surface area contributed by atoms with Crippen LogP contribution in [0, 0.1) is 5.92 Å². The third kappa shape index (κ3) is 1.85. The normalized spacial score (nSPS) is 21.9. The minimum absolute atomic E-state index is 0.208. The van der Waals surface area contributed by atoms with Crippen molar-refractivity contribution in [2.75, 3.05) is 10.1 Å². The number of nitrogens with zero attached hydrogens (tertiary/aromatic N) is 3. The number of hydrogen-bond donors (Lipinski definition) is 0. The number of hydrogen-bond acceptors (Lipinski definition) is 5. The van der Waals surface area contributed by atoms with Crippen molar-refractivity contribution >= 4 is 29.5 Å². The van der Waals surface area contributed by atoms with Crippen molar-refractivity contribution in [3.05, 3.63) is 18.6 Å². The van der Waals surface area contributed by atoms with E-state index in [2.05, 4.69) is 9.97 Å². The Bertz CT molecular complexity index is 396. The van der Waals surface area contributed by atoms with Crippen LogP contribution in [-0.2, 0) is 9.59 Å². The molecule has 0 bridgehead atoms. The number of aromatic nitrogens is 2. The van der Waals surface area contributed by atoms with Gasteiger partial charge < -0.3 is 0 Å². The fourth-order valence-electron chi connectivity index (χ4n) is 1.21. The maximum Gasteiger partial charge on any atom is 0.306 e. The zero-order chi connectivity index (χ0) is 10.8. The summed E-state index contributed by atoms with van der Waals surface area (Å²) in [7, 11) is 0. The van der Waals surface area contributed by atoms with Crippen molar-refractivity contribution in [3.8, 4) is 0 Å². The van der Waals surface area contributed by atoms with Gasteiger partial charge in [-0.05, 0) is 11.9 Å². The van der Waals surface area contributed by atoms with Crippen LogP contribution in [0.3, 0.4) is 0 Å². The maximum absolute atomic E-state index is 11.6. The van der Waals surface area contributed by atoms with Gasteiger partial charge in [-0.15, -0.1) is 0 Å². The van der Waals surface area contributed by atoms with E-state index in [0.717, 1.165) is 0 Å². The van der Waals surface area contributed by atoms with Crippen LogP contribution in [0.5, 0.6) is 0 Å². The number of carbonyl (C=O) groups excluding carboxylic acids is 2. The summed E-state index contributed by atoms with van der Waals surface area (Å²) in [5.41, 5.74) is 0. The highest BCUT2D eigenvalue weighted by atomic mass is 32.2. The molecular formula is C9H9N3O2S. The van der Waals surface area contributed by atoms with Gasteiger partial charge in [0.1, 0.15) is 12.1 Å². The van der Waals surface area contributed by atoms with Crippen molar-refractivity contribution in [1.29, 1.82) is 0 Å². The molecule has 0 radical (unpaired) electrons. The Hall–Kier alpha value is -1.43. The predicted octanol–water partition coefficient (Wildman–Crippen LogP) is 0.677. The largest absolute Gasteiger partial charge is 0.306 e. The molecule has 1 aromatic heterocycles. The first-order chi connectivity index (χ1) is 7.20. The average molecular weight is 223 g/mol. The molecule has 0 saturated carbocycles. The molecule has 1 aliphatic rings. The molecular weight excluding hydrogens is 214 g/mol. The Morgan fingerprint density at radius 1 is 1.53 bits per heavy atom. The van der Waals surface area contributed by atoms with Gasteiger partial charge in [0.05, 0.1) is 0 Å². The second kappa shape index (κ2) is 3.98. The minimum atomic E-state index is -0.502. The van der Waals surface area contributed by atoms with E-state index in [1.54, 1.807) is 19.2 Å². The van der Waals surface area contributed by atoms with Crippen molar-refractivity contribution in [3.63, 3.8) is 0 Å². The smallest absolute Gasteiger partial charge is 0.288 e. The molecule has 1 aromatic rings. The number of rotatable bonds is 1. The Kier molecular flexibility index (Phi) is 2.68. The molecule has 2 heterocycles. The first-order valence-corrected chi connectivity index (χ1v) is 5.41. The van der Waals surface area contributed by atoms with Crippen LogP contribution in [-0.4, -0.2) is 27.4 Å². The summed E-state index contributed by atoms with van der Waals surface area (Å²) in [6, 6.07) is 1.61. The van der Waals surface area contributed by atoms with E-state index in [1.807, 2.05) is 0 Å². The van der Waals surface area contributed by atoms with Crippen LogP contribution >= 0.6 is 11.9 Å². The molecule has 15 heavy (non-hydrogen) atoms. The van der Waals surface area contributed by atoms with Crippen molar-refractivity contribution < 1.29 is 9.59 Å². The molecule has 5 nitrogen and oxygen atoms in total. The van der Waals surface area contributed by atoms with E-state index in [-0.39, 0.29) is 11.7 Å². The van der Waals surface area contributed by atoms with Crippen LogP contribution in [0.4, 0.5) is 5.82 Å². The van der Waals surface area contributed by atoms with Gasteiger partial charge in [-0.1, -0.05) is 6.92 Å². The highest BCUT2D eigenvalue weighted by Crippen LogP contribution is 2.27. The molecule has 1 aliphatic heterocycles. The zero-order valence-corrected chi connectivity index (χ0v) is 8.90. The zero-order valence-electron chi connectivity index (χ0n) is 8.08. The van der Waals surface area contributed by atoms with Crippen LogP contribution in [0.1, 0.15) is 6.92 Å². The molecule has 2 rings (SSSR count). The van der Waals surface area contributed by atoms with Gasteiger partial charge in [0, 0.05) is 23.9 Å². The number of ketones is 1. The quantitative estimate of drug-likeness (QED) is 0.517. The predicted molar refractivity (Wildman–Crippen MR) is 56.1 cm³/mol. The van der Waals surface area contributed by atoms with Gasteiger partial charge in [-0.3, -0.25) is 9.59 Å². The minimum Gasteiger partial charge on any atom is -0.288 e. The van der Waals surface area contributed by atoms with E-state index >= 15 is 0 Å². The molecule has 6 heteroatoms. The third-order valence-electron chi connectivity index (χ3n) is 2.07. The topological polar surface area (TPSA) is 63.2 Å². The Morgan fingerprint density at radius 3 is 3.00 bits per heavy atom. The maximum atomic E-state index is 11.6. The first-order valence-electron chi connectivity index (χ1n) is 4.47. The fraction of sp³-hybridized carbons (Fsp3) is 0.333. The second-order valence-electron chi connectivity index (χ2n) is 3.23. The molecule has 0 N–H and O–H groups in total. The van der Waals surface area contributed by atoms with Crippen LogP contribution in [0.2, 0.25) is 0 Å². The number of amides is 1. The van der Waals surface area contributed by atoms with Gasteiger partial charge in [0.15, 0.2) is 0 Å². The molecule has 0 spiro atoms. The fourth-order valence-corrected chi connectivity index (χ4v) is 2.18. The summed E-state index contributed by atoms with van der Waals surface area (Å²) in [4.78, 5) is 30.8. The molecule has 1 atom stereocenters. The van der Waals surface area contributed by atoms with Crippen LogP contribution < -0.4 is 4.31 Å². The number of carbonyl (C=O) groups is 2. The lowest BCUT2D eigenvalue weighted by molar-refractivity contribution is -0.137. The summed E-state index contributed by atoms with van der Waals surface area (Å²) < 4.78 is 1.32. The van der Waals surface area contributed by atoms with Crippen LogP contribution in [0.25, 0.3) is 0 Å². The molecule has 1 fully saturated rings. The van der Waals surface area contributed by atoms with E-state index in [4.69, 9.17) is 0 Å². The second-order valence-corrected chi connectivity index (χ2v) is 4.18. The number of Topliss-reactive ketones (excluding diaryl/α,β-unsaturated/α-hetero) is 1. The van der Waals surface area contributed by atoms with Crippen molar-refractivity contribution in [2.24, 2.45) is 5.92 Å². The van der Waals surface area contributed by atoms with Crippen molar-refractivity contribution in [1.82, 2.24) is 9.97 Å². The van der Waals surface area contributed by atoms with Gasteiger partial charge >= 0.3 is 5.91 Å². The van der Waals surface area contributed by atoms with E-state index in [1.165, 1.54) is 22.6 Å². The lowest BCUT2D eigenvalue weighted by Crippen LogP contribution is -2.41. The molecule has 0 aliphatic carbocycles. The van der Waals surface area contributed by atoms with E-state index in [0.29, 0.717) is 11.6 Å². The van der Waals surface area contributed by atoms with E-state index < -0.39 is 5.91 Å². The Labute approximate surface area is 91.0 Å². The summed E-state index contributed by atoms with van der Waals surface area (Å²) in [5.74, 6) is -0.000150. The van der Waals surface area contributed by atoms with Gasteiger partial charge in [0.2, 0.25) is 5.78 Å². The molecule has 0 aromatic carbocycles. The SMILES string of the molecule is CC1CSN(c2ccncn2)C(=O)C1=O. The third-order valence-corrected chi connectivity index (χ3v) is 3.33. The van der Waals surface area contributed by atoms with E-state index in [9.17, 15) is 9.59 Å². The Balaban J connectivity index is 2.25. The summed E-state index contributed by atoms with van der Waals surface area (Å²) in [6.07, 6.45) is 2.89. The molecule has 1 amide bonds. The first kappa shape index (κ1) is 10.1. The summed E-state index contributed by atoms with van der Waals surface area (Å²) in [6.45, 7) is 1.75. The average Bonchev–Trinajstić information content (AvgIpc) is 2.27. The highest BCUT2D eigenvalue weighted by Gasteiger charge is 2.34. The summed E-state index contributed by atoms with van der Waals surface area (Å²) >= 11 is 1.31. The standard InChI is InChI=1S/C9H9N3O2S/c1-6-4-15-12(9(14)8(6)13)7-2-3-10-5-11-7/h2-3,5-6H,4H2,1H3. The van der Waals surface area contributed by atoms with Crippen LogP contribution in [0.15, 0.2) is 18.6 Å². The van der Waals surface area contributed by atoms with Gasteiger partial charge in [-0.2, -0.15) is 0 Å². The Morgan fingerprint density at radius 2 is 2.33 bits per heavy atom. The molecule has 78 valence electrons. The lowest BCUT2D eigenvalue weighted by atomic mass is 10.1. The molecule has 1 unspecified atom stereocenters. The lowest BCUT2D eigenvalue weighted by Gasteiger charge is -2.26. The number of anilines is 1. The van der Waals surface area contributed by atoms with Crippen molar-refractivity contribution in [2.45, 2.75) is 6.92 Å². The molecule has 1 saturated heterocycles. The highest BCUT2D eigenvalue weighted by molar-refractivity contribution is 8.01. The summed E-state index contributed by atoms with van der Waals surface area (Å²) in [5, 5.41) is 0. The van der Waals surface area contributed by atoms with Gasteiger partial charge in [-0.25, -0.2) is 14.3 Å².